The summed E-state index contributed by atoms with van der Waals surface area (Å²) in [7, 11) is 0. The second-order valence-electron chi connectivity index (χ2n) is 3.98. The molecule has 0 unspecified atom stereocenters. The third-order valence-electron chi connectivity index (χ3n) is 2.75. The van der Waals surface area contributed by atoms with Crippen LogP contribution in [0.1, 0.15) is 19.8 Å². The molecule has 0 spiro atoms. The molecule has 0 aromatic heterocycles. The van der Waals surface area contributed by atoms with Crippen molar-refractivity contribution >= 4 is 0 Å². The van der Waals surface area contributed by atoms with Crippen LogP contribution in [-0.2, 0) is 0 Å². The highest BCUT2D eigenvalue weighted by Crippen LogP contribution is 2.26. The van der Waals surface area contributed by atoms with Gasteiger partial charge < -0.3 is 14.8 Å². The molecule has 1 saturated heterocycles. The summed E-state index contributed by atoms with van der Waals surface area (Å²) in [6.07, 6.45) is 2.46. The van der Waals surface area contributed by atoms with Gasteiger partial charge in [-0.3, -0.25) is 0 Å². The topological polar surface area (TPSA) is 30.5 Å². The third-order valence-corrected chi connectivity index (χ3v) is 2.75. The maximum Gasteiger partial charge on any atom is 0.161 e. The van der Waals surface area contributed by atoms with Crippen LogP contribution in [-0.4, -0.2) is 25.8 Å². The van der Waals surface area contributed by atoms with Crippen LogP contribution in [0.5, 0.6) is 11.5 Å². The zero-order valence-corrected chi connectivity index (χ0v) is 9.74. The lowest BCUT2D eigenvalue weighted by Gasteiger charge is -2.14. The average Bonchev–Trinajstić information content (AvgIpc) is 2.81. The minimum absolute atomic E-state index is 0.495. The predicted molar refractivity (Wildman–Crippen MR) is 64.1 cm³/mol. The van der Waals surface area contributed by atoms with Crippen molar-refractivity contribution in [2.24, 2.45) is 0 Å². The first kappa shape index (κ1) is 11.3. The smallest absolute Gasteiger partial charge is 0.161 e. The summed E-state index contributed by atoms with van der Waals surface area (Å²) in [6.45, 7) is 4.49. The molecule has 1 aromatic rings. The molecule has 1 aliphatic rings. The van der Waals surface area contributed by atoms with Gasteiger partial charge >= 0.3 is 0 Å². The number of hydrogen-bond donors (Lipinski definition) is 1. The average molecular weight is 221 g/mol. The van der Waals surface area contributed by atoms with Gasteiger partial charge in [-0.15, -0.1) is 0 Å². The molecule has 1 atom stereocenters. The Labute approximate surface area is 96.8 Å². The summed E-state index contributed by atoms with van der Waals surface area (Å²) in [5.41, 5.74) is 0. The monoisotopic (exact) mass is 221 g/mol. The highest BCUT2D eigenvalue weighted by atomic mass is 16.5. The van der Waals surface area contributed by atoms with Gasteiger partial charge in [0.2, 0.25) is 0 Å². The van der Waals surface area contributed by atoms with Crippen molar-refractivity contribution < 1.29 is 9.47 Å². The molecule has 3 heteroatoms. The van der Waals surface area contributed by atoms with Crippen LogP contribution in [0.15, 0.2) is 24.3 Å². The SMILES string of the molecule is CCOc1ccccc1OC[C@@H]1CCCN1. The Kier molecular flexibility index (Phi) is 4.05. The Hall–Kier alpha value is -1.22. The van der Waals surface area contributed by atoms with Gasteiger partial charge in [0.25, 0.3) is 0 Å². The van der Waals surface area contributed by atoms with Gasteiger partial charge in [-0.25, -0.2) is 0 Å². The Morgan fingerprint density at radius 1 is 1.25 bits per heavy atom. The summed E-state index contributed by atoms with van der Waals surface area (Å²) in [5, 5.41) is 3.41. The van der Waals surface area contributed by atoms with E-state index in [0.29, 0.717) is 12.6 Å². The molecule has 3 nitrogen and oxygen atoms in total. The van der Waals surface area contributed by atoms with E-state index in [0.717, 1.165) is 24.7 Å². The summed E-state index contributed by atoms with van der Waals surface area (Å²) in [4.78, 5) is 0. The van der Waals surface area contributed by atoms with E-state index in [1.165, 1.54) is 12.8 Å². The quantitative estimate of drug-likeness (QED) is 0.827. The molecule has 0 radical (unpaired) electrons. The number of nitrogens with one attached hydrogen (secondary N) is 1. The molecular weight excluding hydrogens is 202 g/mol. The first-order chi connectivity index (χ1) is 7.90. The first-order valence-electron chi connectivity index (χ1n) is 5.98. The van der Waals surface area contributed by atoms with Crippen LogP contribution < -0.4 is 14.8 Å². The Bertz CT molecular complexity index is 321. The molecule has 1 heterocycles. The van der Waals surface area contributed by atoms with Crippen LogP contribution in [0.2, 0.25) is 0 Å². The Morgan fingerprint density at radius 2 is 2.00 bits per heavy atom. The number of para-hydroxylation sites is 2. The summed E-state index contributed by atoms with van der Waals surface area (Å²) in [6, 6.07) is 8.33. The van der Waals surface area contributed by atoms with Crippen LogP contribution in [0.3, 0.4) is 0 Å². The summed E-state index contributed by atoms with van der Waals surface area (Å²) < 4.78 is 11.3. The van der Waals surface area contributed by atoms with Crippen LogP contribution >= 0.6 is 0 Å². The van der Waals surface area contributed by atoms with Crippen molar-refractivity contribution in [3.8, 4) is 11.5 Å². The highest BCUT2D eigenvalue weighted by Gasteiger charge is 2.15. The lowest BCUT2D eigenvalue weighted by Crippen LogP contribution is -2.28. The van der Waals surface area contributed by atoms with Crippen molar-refractivity contribution in [2.75, 3.05) is 19.8 Å². The number of rotatable bonds is 5. The first-order valence-corrected chi connectivity index (χ1v) is 5.98. The zero-order valence-electron chi connectivity index (χ0n) is 9.74. The van der Waals surface area contributed by atoms with Gasteiger partial charge in [-0.1, -0.05) is 12.1 Å². The van der Waals surface area contributed by atoms with Crippen molar-refractivity contribution in [1.29, 1.82) is 0 Å². The maximum atomic E-state index is 5.79. The van der Waals surface area contributed by atoms with E-state index in [-0.39, 0.29) is 0 Å². The fourth-order valence-electron chi connectivity index (χ4n) is 1.93. The maximum absolute atomic E-state index is 5.79. The van der Waals surface area contributed by atoms with Crippen molar-refractivity contribution in [1.82, 2.24) is 5.32 Å². The van der Waals surface area contributed by atoms with E-state index < -0.39 is 0 Å². The molecule has 1 N–H and O–H groups in total. The molecule has 0 aliphatic carbocycles. The molecule has 1 fully saturated rings. The fourth-order valence-corrected chi connectivity index (χ4v) is 1.93. The molecule has 88 valence electrons. The standard InChI is InChI=1S/C13H19NO2/c1-2-15-12-7-3-4-8-13(12)16-10-11-6-5-9-14-11/h3-4,7-8,11,14H,2,5-6,9-10H2,1H3/t11-/m0/s1. The Morgan fingerprint density at radius 3 is 2.62 bits per heavy atom. The van der Waals surface area contributed by atoms with E-state index in [1.807, 2.05) is 31.2 Å². The van der Waals surface area contributed by atoms with E-state index in [2.05, 4.69) is 5.32 Å². The third kappa shape index (κ3) is 2.89. The van der Waals surface area contributed by atoms with E-state index >= 15 is 0 Å². The molecular formula is C13H19NO2. The van der Waals surface area contributed by atoms with Crippen molar-refractivity contribution in [2.45, 2.75) is 25.8 Å². The van der Waals surface area contributed by atoms with E-state index in [4.69, 9.17) is 9.47 Å². The summed E-state index contributed by atoms with van der Waals surface area (Å²) in [5.74, 6) is 1.68. The molecule has 1 aromatic carbocycles. The van der Waals surface area contributed by atoms with Gasteiger partial charge in [0.05, 0.1) is 6.61 Å². The minimum Gasteiger partial charge on any atom is -0.490 e. The molecule has 0 saturated carbocycles. The fraction of sp³-hybridized carbons (Fsp3) is 0.538. The molecule has 0 bridgehead atoms. The summed E-state index contributed by atoms with van der Waals surface area (Å²) >= 11 is 0. The van der Waals surface area contributed by atoms with Gasteiger partial charge in [0, 0.05) is 6.04 Å². The largest absolute Gasteiger partial charge is 0.490 e. The second kappa shape index (κ2) is 5.75. The zero-order chi connectivity index (χ0) is 11.2. The number of benzene rings is 1. The van der Waals surface area contributed by atoms with Gasteiger partial charge in [0.15, 0.2) is 11.5 Å². The van der Waals surface area contributed by atoms with Gasteiger partial charge in [0.1, 0.15) is 6.61 Å². The normalized spacial score (nSPS) is 19.7. The number of ether oxygens (including phenoxy) is 2. The second-order valence-corrected chi connectivity index (χ2v) is 3.98. The number of hydrogen-bond acceptors (Lipinski definition) is 3. The predicted octanol–water partition coefficient (Wildman–Crippen LogP) is 2.22. The lowest BCUT2D eigenvalue weighted by molar-refractivity contribution is 0.253. The van der Waals surface area contributed by atoms with Crippen molar-refractivity contribution in [3.63, 3.8) is 0 Å². The highest BCUT2D eigenvalue weighted by molar-refractivity contribution is 5.39. The Balaban J connectivity index is 1.91. The molecule has 0 amide bonds. The van der Waals surface area contributed by atoms with Gasteiger partial charge in [-0.05, 0) is 38.4 Å². The minimum atomic E-state index is 0.495. The van der Waals surface area contributed by atoms with Gasteiger partial charge in [-0.2, -0.15) is 0 Å². The van der Waals surface area contributed by atoms with Crippen LogP contribution in [0.4, 0.5) is 0 Å². The van der Waals surface area contributed by atoms with Crippen LogP contribution in [0.25, 0.3) is 0 Å². The molecule has 1 aliphatic heterocycles. The van der Waals surface area contributed by atoms with Crippen molar-refractivity contribution in [3.05, 3.63) is 24.3 Å². The van der Waals surface area contributed by atoms with E-state index in [1.54, 1.807) is 0 Å². The molecule has 16 heavy (non-hydrogen) atoms. The molecule has 2 rings (SSSR count). The van der Waals surface area contributed by atoms with Crippen LogP contribution in [0, 0.1) is 0 Å². The van der Waals surface area contributed by atoms with E-state index in [9.17, 15) is 0 Å². The lowest BCUT2D eigenvalue weighted by atomic mass is 10.2.